The molecule has 0 radical (unpaired) electrons. The van der Waals surface area contributed by atoms with Gasteiger partial charge < -0.3 is 19.5 Å². The third-order valence-electron chi connectivity index (χ3n) is 3.97. The molecule has 9 nitrogen and oxygen atoms in total. The number of nitro benzene ring substituents is 1. The SMILES string of the molecule is CC[C@@H](Oc1ccccc1)C(=O)O[C@H](C)C(=O)Nc1cc([N+](=O)[O-])ccc1OC. The van der Waals surface area contributed by atoms with Crippen LogP contribution in [0.25, 0.3) is 0 Å². The first kappa shape index (κ1) is 21.7. The number of methoxy groups -OCH3 is 1. The van der Waals surface area contributed by atoms with Crippen LogP contribution in [0.3, 0.4) is 0 Å². The van der Waals surface area contributed by atoms with Crippen molar-refractivity contribution in [1.29, 1.82) is 0 Å². The van der Waals surface area contributed by atoms with Gasteiger partial charge in [-0.1, -0.05) is 25.1 Å². The average molecular weight is 402 g/mol. The number of hydrogen-bond acceptors (Lipinski definition) is 7. The van der Waals surface area contributed by atoms with Gasteiger partial charge in [-0.15, -0.1) is 0 Å². The number of esters is 1. The Morgan fingerprint density at radius 1 is 1.17 bits per heavy atom. The van der Waals surface area contributed by atoms with E-state index >= 15 is 0 Å². The van der Waals surface area contributed by atoms with Gasteiger partial charge in [0.15, 0.2) is 12.2 Å². The molecule has 0 spiro atoms. The van der Waals surface area contributed by atoms with Crippen molar-refractivity contribution in [1.82, 2.24) is 0 Å². The fourth-order valence-corrected chi connectivity index (χ4v) is 2.41. The van der Waals surface area contributed by atoms with Crippen molar-refractivity contribution in [3.63, 3.8) is 0 Å². The lowest BCUT2D eigenvalue weighted by Crippen LogP contribution is -2.36. The molecule has 2 aromatic rings. The predicted molar refractivity (Wildman–Crippen MR) is 105 cm³/mol. The maximum Gasteiger partial charge on any atom is 0.348 e. The number of carbonyl (C=O) groups is 2. The number of nitrogens with one attached hydrogen (secondary N) is 1. The Morgan fingerprint density at radius 2 is 1.86 bits per heavy atom. The fraction of sp³-hybridized carbons (Fsp3) is 0.300. The van der Waals surface area contributed by atoms with E-state index in [0.29, 0.717) is 12.2 Å². The maximum atomic E-state index is 12.4. The number of anilines is 1. The van der Waals surface area contributed by atoms with Crippen molar-refractivity contribution in [2.75, 3.05) is 12.4 Å². The fourth-order valence-electron chi connectivity index (χ4n) is 2.41. The summed E-state index contributed by atoms with van der Waals surface area (Å²) in [4.78, 5) is 35.1. The zero-order valence-electron chi connectivity index (χ0n) is 16.3. The number of non-ortho nitro benzene ring substituents is 1. The molecule has 29 heavy (non-hydrogen) atoms. The van der Waals surface area contributed by atoms with Gasteiger partial charge in [0.05, 0.1) is 17.7 Å². The number of ether oxygens (including phenoxy) is 3. The number of amides is 1. The van der Waals surface area contributed by atoms with Gasteiger partial charge in [0.2, 0.25) is 0 Å². The molecule has 2 rings (SSSR count). The molecule has 0 aliphatic carbocycles. The van der Waals surface area contributed by atoms with Crippen molar-refractivity contribution in [3.8, 4) is 11.5 Å². The number of nitrogens with zero attached hydrogens (tertiary/aromatic N) is 1. The van der Waals surface area contributed by atoms with Gasteiger partial charge in [0, 0.05) is 12.1 Å². The Labute approximate surface area is 167 Å². The topological polar surface area (TPSA) is 117 Å². The number of para-hydroxylation sites is 1. The molecule has 0 bridgehead atoms. The highest BCUT2D eigenvalue weighted by Crippen LogP contribution is 2.29. The standard InChI is InChI=1S/C20H22N2O7/c1-4-17(29-15-8-6-5-7-9-15)20(24)28-13(2)19(23)21-16-12-14(22(25)26)10-11-18(16)27-3/h5-13,17H,4H2,1-3H3,(H,21,23)/t13-,17-/m1/s1. The van der Waals surface area contributed by atoms with Gasteiger partial charge in [-0.2, -0.15) is 0 Å². The number of nitro groups is 1. The second-order valence-corrected chi connectivity index (χ2v) is 6.04. The predicted octanol–water partition coefficient (Wildman–Crippen LogP) is 3.33. The lowest BCUT2D eigenvalue weighted by Gasteiger charge is -2.19. The van der Waals surface area contributed by atoms with Crippen LogP contribution in [0.1, 0.15) is 20.3 Å². The van der Waals surface area contributed by atoms with E-state index in [1.807, 2.05) is 6.07 Å². The van der Waals surface area contributed by atoms with Crippen LogP contribution in [-0.2, 0) is 14.3 Å². The van der Waals surface area contributed by atoms with E-state index in [1.54, 1.807) is 31.2 Å². The molecule has 154 valence electrons. The molecule has 1 N–H and O–H groups in total. The minimum Gasteiger partial charge on any atom is -0.495 e. The van der Waals surface area contributed by atoms with Gasteiger partial charge in [-0.25, -0.2) is 4.79 Å². The summed E-state index contributed by atoms with van der Waals surface area (Å²) in [6.45, 7) is 3.15. The second kappa shape index (κ2) is 10.1. The van der Waals surface area contributed by atoms with E-state index in [9.17, 15) is 19.7 Å². The van der Waals surface area contributed by atoms with E-state index in [4.69, 9.17) is 14.2 Å². The quantitative estimate of drug-likeness (QED) is 0.388. The Balaban J connectivity index is 2.03. The average Bonchev–Trinajstić information content (AvgIpc) is 2.72. The highest BCUT2D eigenvalue weighted by Gasteiger charge is 2.26. The molecule has 0 heterocycles. The molecule has 9 heteroatoms. The number of hydrogen-bond donors (Lipinski definition) is 1. The number of benzene rings is 2. The largest absolute Gasteiger partial charge is 0.495 e. The normalized spacial score (nSPS) is 12.4. The summed E-state index contributed by atoms with van der Waals surface area (Å²) >= 11 is 0. The molecular weight excluding hydrogens is 380 g/mol. The zero-order valence-corrected chi connectivity index (χ0v) is 16.3. The van der Waals surface area contributed by atoms with E-state index in [-0.39, 0.29) is 17.1 Å². The third kappa shape index (κ3) is 5.93. The Kier molecular flexibility index (Phi) is 7.53. The zero-order chi connectivity index (χ0) is 21.4. The van der Waals surface area contributed by atoms with E-state index < -0.39 is 29.0 Å². The summed E-state index contributed by atoms with van der Waals surface area (Å²) in [6.07, 6.45) is -1.68. The smallest absolute Gasteiger partial charge is 0.348 e. The molecule has 0 saturated heterocycles. The summed E-state index contributed by atoms with van der Waals surface area (Å²) in [5, 5.41) is 13.4. The Hall–Kier alpha value is -3.62. The molecule has 0 fully saturated rings. The van der Waals surface area contributed by atoms with Crippen LogP contribution in [-0.4, -0.2) is 36.1 Å². The lowest BCUT2D eigenvalue weighted by atomic mass is 10.2. The Bertz CT molecular complexity index is 870. The first-order valence-corrected chi connectivity index (χ1v) is 8.91. The molecule has 0 unspecified atom stereocenters. The van der Waals surface area contributed by atoms with Crippen LogP contribution in [0.5, 0.6) is 11.5 Å². The highest BCUT2D eigenvalue weighted by atomic mass is 16.6. The van der Waals surface area contributed by atoms with Crippen LogP contribution < -0.4 is 14.8 Å². The third-order valence-corrected chi connectivity index (χ3v) is 3.97. The van der Waals surface area contributed by atoms with E-state index in [1.165, 1.54) is 32.2 Å². The summed E-state index contributed by atoms with van der Waals surface area (Å²) in [7, 11) is 1.37. The highest BCUT2D eigenvalue weighted by molar-refractivity contribution is 5.96. The minimum absolute atomic E-state index is 0.0992. The van der Waals surface area contributed by atoms with Gasteiger partial charge >= 0.3 is 5.97 Å². The van der Waals surface area contributed by atoms with Crippen LogP contribution in [0.15, 0.2) is 48.5 Å². The summed E-state index contributed by atoms with van der Waals surface area (Å²) < 4.78 is 15.9. The maximum absolute atomic E-state index is 12.4. The van der Waals surface area contributed by atoms with Crippen LogP contribution in [0, 0.1) is 10.1 Å². The van der Waals surface area contributed by atoms with Crippen molar-refractivity contribution in [2.45, 2.75) is 32.5 Å². The first-order chi connectivity index (χ1) is 13.8. The van der Waals surface area contributed by atoms with Crippen LogP contribution in [0.2, 0.25) is 0 Å². The molecule has 0 aromatic heterocycles. The van der Waals surface area contributed by atoms with Crippen LogP contribution >= 0.6 is 0 Å². The second-order valence-electron chi connectivity index (χ2n) is 6.04. The van der Waals surface area contributed by atoms with Crippen molar-refractivity contribution in [2.24, 2.45) is 0 Å². The number of carbonyl (C=O) groups excluding carboxylic acids is 2. The molecular formula is C20H22N2O7. The van der Waals surface area contributed by atoms with Crippen LogP contribution in [0.4, 0.5) is 11.4 Å². The summed E-state index contributed by atoms with van der Waals surface area (Å²) in [6, 6.07) is 12.6. The monoisotopic (exact) mass is 402 g/mol. The van der Waals surface area contributed by atoms with Gasteiger partial charge in [-0.05, 0) is 31.5 Å². The molecule has 2 aromatic carbocycles. The van der Waals surface area contributed by atoms with E-state index in [2.05, 4.69) is 5.32 Å². The molecule has 0 aliphatic heterocycles. The minimum atomic E-state index is -1.15. The van der Waals surface area contributed by atoms with Crippen molar-refractivity contribution in [3.05, 3.63) is 58.6 Å². The molecule has 0 saturated carbocycles. The van der Waals surface area contributed by atoms with Crippen molar-refractivity contribution >= 4 is 23.3 Å². The number of rotatable bonds is 9. The molecule has 0 aliphatic rings. The van der Waals surface area contributed by atoms with E-state index in [0.717, 1.165) is 0 Å². The van der Waals surface area contributed by atoms with Gasteiger partial charge in [-0.3, -0.25) is 14.9 Å². The lowest BCUT2D eigenvalue weighted by molar-refractivity contribution is -0.384. The Morgan fingerprint density at radius 3 is 2.45 bits per heavy atom. The van der Waals surface area contributed by atoms with Gasteiger partial charge in [0.1, 0.15) is 11.5 Å². The first-order valence-electron chi connectivity index (χ1n) is 8.91. The molecule has 2 atom stereocenters. The molecule has 1 amide bonds. The van der Waals surface area contributed by atoms with Crippen molar-refractivity contribution < 1.29 is 28.7 Å². The van der Waals surface area contributed by atoms with Gasteiger partial charge in [0.25, 0.3) is 11.6 Å². The summed E-state index contributed by atoms with van der Waals surface area (Å²) in [5.41, 5.74) is -0.116. The summed E-state index contributed by atoms with van der Waals surface area (Å²) in [5.74, 6) is -0.604.